The maximum absolute atomic E-state index is 10.9. The van der Waals surface area contributed by atoms with Crippen LogP contribution in [-0.4, -0.2) is 29.7 Å². The normalized spacial score (nSPS) is 11.8. The average molecular weight is 224 g/mol. The molecule has 1 aromatic heterocycles. The van der Waals surface area contributed by atoms with E-state index in [1.54, 1.807) is 23.3 Å². The molecule has 0 amide bonds. The summed E-state index contributed by atoms with van der Waals surface area (Å²) in [5.74, 6) is 0. The highest BCUT2D eigenvalue weighted by Gasteiger charge is 2.05. The van der Waals surface area contributed by atoms with Crippen molar-refractivity contribution in [1.29, 1.82) is 0 Å². The van der Waals surface area contributed by atoms with E-state index in [2.05, 4.69) is 9.71 Å². The van der Waals surface area contributed by atoms with Crippen LogP contribution in [0.3, 0.4) is 0 Å². The number of nitrogens with zero attached hydrogens (tertiary/aromatic N) is 2. The summed E-state index contributed by atoms with van der Waals surface area (Å²) in [4.78, 5) is 3.82. The second-order valence-corrected chi connectivity index (χ2v) is 4.81. The van der Waals surface area contributed by atoms with Gasteiger partial charge in [0.1, 0.15) is 5.21 Å². The van der Waals surface area contributed by atoms with E-state index in [1.807, 2.05) is 0 Å². The minimum absolute atomic E-state index is 0.325. The first-order chi connectivity index (χ1) is 6.14. The molecule has 5 nitrogen and oxygen atoms in total. The summed E-state index contributed by atoms with van der Waals surface area (Å²) >= 11 is 5.18. The van der Waals surface area contributed by atoms with Crippen molar-refractivity contribution in [3.63, 3.8) is 0 Å². The molecule has 0 unspecified atom stereocenters. The van der Waals surface area contributed by atoms with E-state index in [1.165, 1.54) is 0 Å². The number of halogens is 1. The summed E-state index contributed by atoms with van der Waals surface area (Å²) < 4.78 is 25.8. The summed E-state index contributed by atoms with van der Waals surface area (Å²) in [5.41, 5.74) is 0. The average Bonchev–Trinajstić information content (AvgIpc) is 2.57. The van der Waals surface area contributed by atoms with E-state index < -0.39 is 15.2 Å². The second kappa shape index (κ2) is 4.59. The molecule has 0 fully saturated rings. The number of rotatable bonds is 5. The number of hydrogen-bond acceptors (Lipinski definition) is 3. The Labute approximate surface area is 81.8 Å². The first kappa shape index (κ1) is 10.5. The number of nitrogens with one attached hydrogen (secondary N) is 1. The number of alkyl halides is 1. The molecular weight excluding hydrogens is 214 g/mol. The topological polar surface area (TPSA) is 64.0 Å². The van der Waals surface area contributed by atoms with E-state index in [4.69, 9.17) is 11.6 Å². The molecule has 0 aliphatic carbocycles. The lowest BCUT2D eigenvalue weighted by Gasteiger charge is -2.03. The van der Waals surface area contributed by atoms with E-state index in [9.17, 15) is 8.42 Å². The van der Waals surface area contributed by atoms with E-state index in [0.29, 0.717) is 13.1 Å². The molecule has 0 bridgehead atoms. The van der Waals surface area contributed by atoms with Gasteiger partial charge in [0.15, 0.2) is 0 Å². The van der Waals surface area contributed by atoms with Crippen molar-refractivity contribution in [2.24, 2.45) is 0 Å². The standard InChI is InChI=1S/C6H10ClN3O2S/c7-5-13(11,12)9-2-4-10-3-1-8-6-10/h1,3,6,9H,2,4-5H2. The minimum Gasteiger partial charge on any atom is -0.336 e. The zero-order chi connectivity index (χ0) is 9.73. The Morgan fingerprint density at radius 3 is 2.85 bits per heavy atom. The molecule has 0 aliphatic rings. The molecule has 7 heteroatoms. The van der Waals surface area contributed by atoms with Crippen LogP contribution in [-0.2, 0) is 16.6 Å². The molecule has 0 saturated carbocycles. The molecule has 0 aromatic carbocycles. The molecule has 0 spiro atoms. The van der Waals surface area contributed by atoms with Gasteiger partial charge in [-0.3, -0.25) is 0 Å². The Kier molecular flexibility index (Phi) is 3.71. The highest BCUT2D eigenvalue weighted by atomic mass is 35.5. The largest absolute Gasteiger partial charge is 0.336 e. The molecule has 74 valence electrons. The van der Waals surface area contributed by atoms with Gasteiger partial charge in [-0.05, 0) is 0 Å². The van der Waals surface area contributed by atoms with Crippen LogP contribution in [0.15, 0.2) is 18.7 Å². The van der Waals surface area contributed by atoms with Gasteiger partial charge in [-0.2, -0.15) is 0 Å². The summed E-state index contributed by atoms with van der Waals surface area (Å²) in [6.07, 6.45) is 5.01. The van der Waals surface area contributed by atoms with Crippen LogP contribution in [0.4, 0.5) is 0 Å². The van der Waals surface area contributed by atoms with Crippen LogP contribution in [0.25, 0.3) is 0 Å². The van der Waals surface area contributed by atoms with E-state index in [0.717, 1.165) is 0 Å². The lowest BCUT2D eigenvalue weighted by Crippen LogP contribution is -2.27. The second-order valence-electron chi connectivity index (χ2n) is 2.42. The minimum atomic E-state index is -3.29. The van der Waals surface area contributed by atoms with Crippen molar-refractivity contribution >= 4 is 21.6 Å². The van der Waals surface area contributed by atoms with Gasteiger partial charge in [-0.25, -0.2) is 18.1 Å². The van der Waals surface area contributed by atoms with Crippen LogP contribution in [0.2, 0.25) is 0 Å². The molecule has 0 radical (unpaired) electrons. The number of imidazole rings is 1. The zero-order valence-corrected chi connectivity index (χ0v) is 8.42. The molecule has 0 saturated heterocycles. The lowest BCUT2D eigenvalue weighted by molar-refractivity contribution is 0.577. The highest BCUT2D eigenvalue weighted by molar-refractivity contribution is 7.90. The molecule has 0 atom stereocenters. The molecule has 0 aliphatic heterocycles. The molecule has 13 heavy (non-hydrogen) atoms. The fourth-order valence-corrected chi connectivity index (χ4v) is 1.50. The predicted molar refractivity (Wildman–Crippen MR) is 49.9 cm³/mol. The van der Waals surface area contributed by atoms with Crippen LogP contribution in [0.1, 0.15) is 0 Å². The Morgan fingerprint density at radius 2 is 2.31 bits per heavy atom. The highest BCUT2D eigenvalue weighted by Crippen LogP contribution is 1.89. The van der Waals surface area contributed by atoms with Crippen molar-refractivity contribution in [3.8, 4) is 0 Å². The molecule has 1 N–H and O–H groups in total. The van der Waals surface area contributed by atoms with Crippen LogP contribution in [0.5, 0.6) is 0 Å². The number of aromatic nitrogens is 2. The summed E-state index contributed by atoms with van der Waals surface area (Å²) in [7, 11) is -3.29. The van der Waals surface area contributed by atoms with Crippen LogP contribution < -0.4 is 4.72 Å². The zero-order valence-electron chi connectivity index (χ0n) is 6.85. The summed E-state index contributed by atoms with van der Waals surface area (Å²) in [6.45, 7) is 0.877. The Bertz CT molecular complexity index is 335. The molecule has 1 aromatic rings. The summed E-state index contributed by atoms with van der Waals surface area (Å²) in [5, 5.41) is -0.406. The van der Waals surface area contributed by atoms with E-state index in [-0.39, 0.29) is 0 Å². The van der Waals surface area contributed by atoms with Crippen molar-refractivity contribution in [1.82, 2.24) is 14.3 Å². The Hall–Kier alpha value is -0.590. The molecule has 1 heterocycles. The molecular formula is C6H10ClN3O2S. The first-order valence-corrected chi connectivity index (χ1v) is 5.82. The third kappa shape index (κ3) is 3.75. The van der Waals surface area contributed by atoms with Gasteiger partial charge in [-0.15, -0.1) is 11.6 Å². The summed E-state index contributed by atoms with van der Waals surface area (Å²) in [6, 6.07) is 0. The SMILES string of the molecule is O=S(=O)(CCl)NCCn1ccnc1. The van der Waals surface area contributed by atoms with Gasteiger partial charge < -0.3 is 4.57 Å². The Balaban J connectivity index is 2.30. The van der Waals surface area contributed by atoms with Gasteiger partial charge in [0.2, 0.25) is 10.0 Å². The fourth-order valence-electron chi connectivity index (χ4n) is 0.788. The quantitative estimate of drug-likeness (QED) is 0.715. The van der Waals surface area contributed by atoms with Crippen molar-refractivity contribution in [2.45, 2.75) is 6.54 Å². The smallest absolute Gasteiger partial charge is 0.225 e. The van der Waals surface area contributed by atoms with Gasteiger partial charge in [0, 0.05) is 25.5 Å². The van der Waals surface area contributed by atoms with Gasteiger partial charge in [0.25, 0.3) is 0 Å². The van der Waals surface area contributed by atoms with Crippen molar-refractivity contribution in [2.75, 3.05) is 11.8 Å². The predicted octanol–water partition coefficient (Wildman–Crippen LogP) is -0.00120. The first-order valence-electron chi connectivity index (χ1n) is 3.63. The molecule has 1 rings (SSSR count). The third-order valence-electron chi connectivity index (χ3n) is 1.39. The number of hydrogen-bond donors (Lipinski definition) is 1. The third-order valence-corrected chi connectivity index (χ3v) is 3.19. The van der Waals surface area contributed by atoms with Crippen molar-refractivity contribution < 1.29 is 8.42 Å². The van der Waals surface area contributed by atoms with Crippen LogP contribution in [0, 0.1) is 0 Å². The van der Waals surface area contributed by atoms with Gasteiger partial charge in [-0.1, -0.05) is 0 Å². The maximum atomic E-state index is 10.9. The maximum Gasteiger partial charge on any atom is 0.225 e. The lowest BCUT2D eigenvalue weighted by atomic mass is 10.6. The Morgan fingerprint density at radius 1 is 1.54 bits per heavy atom. The van der Waals surface area contributed by atoms with Crippen molar-refractivity contribution in [3.05, 3.63) is 18.7 Å². The number of sulfonamides is 1. The van der Waals surface area contributed by atoms with Crippen LogP contribution >= 0.6 is 11.6 Å². The monoisotopic (exact) mass is 223 g/mol. The fraction of sp³-hybridized carbons (Fsp3) is 0.500. The van der Waals surface area contributed by atoms with Gasteiger partial charge >= 0.3 is 0 Å². The van der Waals surface area contributed by atoms with E-state index >= 15 is 0 Å². The van der Waals surface area contributed by atoms with Gasteiger partial charge in [0.05, 0.1) is 6.33 Å².